The van der Waals surface area contributed by atoms with Gasteiger partial charge < -0.3 is 10.4 Å². The van der Waals surface area contributed by atoms with Gasteiger partial charge in [-0.3, -0.25) is 24.1 Å². The van der Waals surface area contributed by atoms with Crippen LogP contribution in [0.3, 0.4) is 0 Å². The molecule has 3 aliphatic carbocycles. The van der Waals surface area contributed by atoms with E-state index in [0.29, 0.717) is 23.3 Å². The molecule has 1 heterocycles. The van der Waals surface area contributed by atoms with Crippen LogP contribution in [0.4, 0.5) is 17.1 Å². The van der Waals surface area contributed by atoms with Crippen molar-refractivity contribution in [2.24, 2.45) is 17.8 Å². The van der Waals surface area contributed by atoms with Crippen molar-refractivity contribution in [3.05, 3.63) is 118 Å². The summed E-state index contributed by atoms with van der Waals surface area (Å²) in [5, 5.41) is 13.2. The molecule has 7 nitrogen and oxygen atoms in total. The second kappa shape index (κ2) is 10.1. The van der Waals surface area contributed by atoms with Gasteiger partial charge in [-0.05, 0) is 88.8 Å². The van der Waals surface area contributed by atoms with Gasteiger partial charge in [0, 0.05) is 34.5 Å². The average Bonchev–Trinajstić information content (AvgIpc) is 3.26. The van der Waals surface area contributed by atoms with E-state index in [1.807, 2.05) is 48.5 Å². The monoisotopic (exact) mass is 620 g/mol. The zero-order chi connectivity index (χ0) is 29.1. The Bertz CT molecular complexity index is 1760. The maximum absolute atomic E-state index is 14.1. The summed E-state index contributed by atoms with van der Waals surface area (Å²) in [5.41, 5.74) is 4.66. The number of Topliss-reactive ketones (excluding diaryl/α,β-unsaturated/α-hetero) is 1. The molecule has 8 heteroatoms. The fraction of sp³-hybridized carbons (Fsp3) is 0.176. The first-order valence-electron chi connectivity index (χ1n) is 13.8. The van der Waals surface area contributed by atoms with Gasteiger partial charge in [-0.25, -0.2) is 0 Å². The molecular formula is C34H25BrN2O5. The summed E-state index contributed by atoms with van der Waals surface area (Å²) in [4.78, 5) is 55.7. The molecule has 4 aliphatic rings. The fourth-order valence-corrected chi connectivity index (χ4v) is 7.34. The van der Waals surface area contributed by atoms with Gasteiger partial charge in [0.2, 0.25) is 11.8 Å². The van der Waals surface area contributed by atoms with E-state index in [9.17, 15) is 24.3 Å². The van der Waals surface area contributed by atoms with Crippen LogP contribution in [0.2, 0.25) is 0 Å². The van der Waals surface area contributed by atoms with E-state index in [1.54, 1.807) is 36.4 Å². The minimum atomic E-state index is -0.652. The molecule has 2 amide bonds. The number of hydrogen-bond donors (Lipinski definition) is 2. The zero-order valence-corrected chi connectivity index (χ0v) is 23.9. The maximum atomic E-state index is 14.1. The lowest BCUT2D eigenvalue weighted by Gasteiger charge is -2.42. The van der Waals surface area contributed by atoms with Crippen molar-refractivity contribution in [3.8, 4) is 5.75 Å². The number of benzene rings is 3. The number of aromatic hydroxyl groups is 1. The fourth-order valence-electron chi connectivity index (χ4n) is 6.89. The molecule has 4 unspecified atom stereocenters. The predicted molar refractivity (Wildman–Crippen MR) is 161 cm³/mol. The molecule has 2 N–H and O–H groups in total. The highest BCUT2D eigenvalue weighted by atomic mass is 79.9. The minimum absolute atomic E-state index is 0.0869. The number of hydrogen-bond acceptors (Lipinski definition) is 6. The lowest BCUT2D eigenvalue weighted by Crippen LogP contribution is -2.39. The van der Waals surface area contributed by atoms with Gasteiger partial charge in [-0.15, -0.1) is 0 Å². The van der Waals surface area contributed by atoms with Crippen molar-refractivity contribution < 1.29 is 24.3 Å². The molecule has 0 spiro atoms. The first kappa shape index (κ1) is 26.3. The van der Waals surface area contributed by atoms with Crippen molar-refractivity contribution in [2.75, 3.05) is 10.2 Å². The Labute approximate surface area is 250 Å². The highest BCUT2D eigenvalue weighted by molar-refractivity contribution is 9.12. The van der Waals surface area contributed by atoms with Crippen molar-refractivity contribution in [2.45, 2.75) is 18.8 Å². The number of para-hydroxylation sites is 1. The number of imide groups is 1. The Morgan fingerprint density at radius 3 is 2.21 bits per heavy atom. The van der Waals surface area contributed by atoms with Gasteiger partial charge in [-0.1, -0.05) is 42.0 Å². The second-order valence-corrected chi connectivity index (χ2v) is 11.9. The number of allylic oxidation sites excluding steroid dienone is 6. The van der Waals surface area contributed by atoms with Crippen LogP contribution in [0.15, 0.2) is 112 Å². The third-order valence-corrected chi connectivity index (χ3v) is 9.33. The number of halogens is 1. The molecule has 4 atom stereocenters. The van der Waals surface area contributed by atoms with Crippen molar-refractivity contribution in [1.29, 1.82) is 0 Å². The molecule has 7 rings (SSSR count). The topological polar surface area (TPSA) is 104 Å². The number of carbonyl (C=O) groups excluding carboxylic acids is 4. The van der Waals surface area contributed by atoms with E-state index in [2.05, 4.69) is 21.2 Å². The second-order valence-electron chi connectivity index (χ2n) is 11.0. The molecular weight excluding hydrogens is 596 g/mol. The maximum Gasteiger partial charge on any atom is 0.238 e. The standard InChI is InChI=1S/C34H25BrN2O5/c35-27-17-28(39)31-26(32(27)40)16-25-23(29(31)18-6-12-22(38)13-7-18)14-15-24-30(25)34(42)37(33(24)41)21-10-8-20(9-11-21)36-19-4-2-1-3-5-19/h1-14,17,24-25,29-30,36,38H,15-16H2. The number of nitrogens with zero attached hydrogens (tertiary/aromatic N) is 1. The number of fused-ring (bicyclic) bond motifs is 3. The van der Waals surface area contributed by atoms with Gasteiger partial charge in [-0.2, -0.15) is 0 Å². The van der Waals surface area contributed by atoms with Gasteiger partial charge >= 0.3 is 0 Å². The number of phenolic OH excluding ortho intramolecular Hbond substituents is 1. The van der Waals surface area contributed by atoms with E-state index < -0.39 is 23.7 Å². The van der Waals surface area contributed by atoms with E-state index in [4.69, 9.17) is 0 Å². The number of rotatable bonds is 4. The van der Waals surface area contributed by atoms with Crippen LogP contribution < -0.4 is 10.2 Å². The Morgan fingerprint density at radius 2 is 1.50 bits per heavy atom. The van der Waals surface area contributed by atoms with Crippen LogP contribution in [-0.2, 0) is 19.2 Å². The lowest BCUT2D eigenvalue weighted by molar-refractivity contribution is -0.123. The molecule has 0 radical (unpaired) electrons. The Hall–Kier alpha value is -4.56. The normalized spacial score (nSPS) is 25.0. The summed E-state index contributed by atoms with van der Waals surface area (Å²) in [6.45, 7) is 0. The molecule has 3 aromatic carbocycles. The van der Waals surface area contributed by atoms with Gasteiger partial charge in [0.25, 0.3) is 0 Å². The van der Waals surface area contributed by atoms with Gasteiger partial charge in [0.05, 0.1) is 22.0 Å². The first-order chi connectivity index (χ1) is 20.3. The predicted octanol–water partition coefficient (Wildman–Crippen LogP) is 6.10. The van der Waals surface area contributed by atoms with E-state index in [0.717, 1.165) is 22.5 Å². The molecule has 3 aromatic rings. The lowest BCUT2D eigenvalue weighted by atomic mass is 9.59. The summed E-state index contributed by atoms with van der Waals surface area (Å²) < 4.78 is 0.190. The van der Waals surface area contributed by atoms with E-state index in [-0.39, 0.29) is 40.0 Å². The van der Waals surface area contributed by atoms with Crippen LogP contribution in [-0.4, -0.2) is 28.5 Å². The van der Waals surface area contributed by atoms with Gasteiger partial charge in [0.1, 0.15) is 5.75 Å². The highest BCUT2D eigenvalue weighted by Gasteiger charge is 2.56. The summed E-state index contributed by atoms with van der Waals surface area (Å²) in [5.74, 6) is -3.15. The number of carbonyl (C=O) groups is 4. The Balaban J connectivity index is 1.24. The summed E-state index contributed by atoms with van der Waals surface area (Å²) in [6, 6.07) is 23.5. The molecule has 1 aliphatic heterocycles. The zero-order valence-electron chi connectivity index (χ0n) is 22.3. The molecule has 0 aromatic heterocycles. The number of anilines is 3. The molecule has 0 saturated carbocycles. The molecule has 0 bridgehead atoms. The Kier molecular flexibility index (Phi) is 6.31. The molecule has 42 heavy (non-hydrogen) atoms. The highest BCUT2D eigenvalue weighted by Crippen LogP contribution is 2.55. The average molecular weight is 621 g/mol. The molecule has 1 fully saturated rings. The third kappa shape index (κ3) is 4.17. The number of amides is 2. The van der Waals surface area contributed by atoms with Crippen LogP contribution in [0.5, 0.6) is 5.75 Å². The first-order valence-corrected chi connectivity index (χ1v) is 14.6. The third-order valence-electron chi connectivity index (χ3n) is 8.75. The summed E-state index contributed by atoms with van der Waals surface area (Å²) in [7, 11) is 0. The van der Waals surface area contributed by atoms with Crippen LogP contribution in [0.25, 0.3) is 0 Å². The van der Waals surface area contributed by atoms with Gasteiger partial charge in [0.15, 0.2) is 11.6 Å². The molecule has 1 saturated heterocycles. The largest absolute Gasteiger partial charge is 0.508 e. The number of ketones is 2. The number of nitrogens with one attached hydrogen (secondary N) is 1. The van der Waals surface area contributed by atoms with Crippen LogP contribution >= 0.6 is 15.9 Å². The smallest absolute Gasteiger partial charge is 0.238 e. The van der Waals surface area contributed by atoms with Crippen molar-refractivity contribution in [3.63, 3.8) is 0 Å². The summed E-state index contributed by atoms with van der Waals surface area (Å²) >= 11 is 3.25. The minimum Gasteiger partial charge on any atom is -0.508 e. The Morgan fingerprint density at radius 1 is 0.810 bits per heavy atom. The van der Waals surface area contributed by atoms with E-state index >= 15 is 0 Å². The van der Waals surface area contributed by atoms with Crippen LogP contribution in [0, 0.1) is 17.8 Å². The quantitative estimate of drug-likeness (QED) is 0.207. The van der Waals surface area contributed by atoms with E-state index in [1.165, 1.54) is 11.0 Å². The SMILES string of the molecule is O=C1C=C(Br)C(=O)C2=C1C(c1ccc(O)cc1)C1=CCC3C(=O)N(c4ccc(Nc5ccccc5)cc4)C(=O)C3C1C2. The molecule has 208 valence electrons. The van der Waals surface area contributed by atoms with Crippen LogP contribution in [0.1, 0.15) is 24.3 Å². The van der Waals surface area contributed by atoms with Crippen molar-refractivity contribution >= 4 is 56.4 Å². The summed E-state index contributed by atoms with van der Waals surface area (Å²) in [6.07, 6.45) is 3.87. The van der Waals surface area contributed by atoms with Crippen molar-refractivity contribution in [1.82, 2.24) is 0 Å². The number of phenols is 1.